The fraction of sp³-hybridized carbons (Fsp3) is 0.929. The Labute approximate surface area is 99.2 Å². The summed E-state index contributed by atoms with van der Waals surface area (Å²) in [5, 5.41) is 3.44. The summed E-state index contributed by atoms with van der Waals surface area (Å²) in [7, 11) is 0. The van der Waals surface area contributed by atoms with Gasteiger partial charge in [-0.1, -0.05) is 26.2 Å². The van der Waals surface area contributed by atoms with E-state index in [0.717, 1.165) is 25.4 Å². The van der Waals surface area contributed by atoms with E-state index in [0.29, 0.717) is 17.6 Å². The Balaban J connectivity index is 1.72. The van der Waals surface area contributed by atoms with Gasteiger partial charge in [0.15, 0.2) is 0 Å². The number of rotatable bonds is 6. The number of hydrogen-bond acceptors (Lipinski definition) is 2. The standard InChI is InChI=1S/C14H25NO/c1-2-11-5-3-4-6-13(11)14(16)9-10-15-12-7-8-12/h11-13,15H,2-10H2,1H3. The van der Waals surface area contributed by atoms with Crippen molar-refractivity contribution < 1.29 is 4.79 Å². The number of hydrogen-bond donors (Lipinski definition) is 1. The van der Waals surface area contributed by atoms with Crippen molar-refractivity contribution in [1.82, 2.24) is 5.32 Å². The second kappa shape index (κ2) is 5.81. The molecule has 0 bridgehead atoms. The van der Waals surface area contributed by atoms with Crippen molar-refractivity contribution in [1.29, 1.82) is 0 Å². The van der Waals surface area contributed by atoms with Crippen molar-refractivity contribution in [3.8, 4) is 0 Å². The van der Waals surface area contributed by atoms with Crippen molar-refractivity contribution in [2.45, 2.75) is 64.3 Å². The van der Waals surface area contributed by atoms with Crippen LogP contribution in [0, 0.1) is 11.8 Å². The van der Waals surface area contributed by atoms with Crippen molar-refractivity contribution in [3.63, 3.8) is 0 Å². The Morgan fingerprint density at radius 1 is 1.19 bits per heavy atom. The van der Waals surface area contributed by atoms with E-state index < -0.39 is 0 Å². The minimum absolute atomic E-state index is 0.389. The van der Waals surface area contributed by atoms with Crippen LogP contribution in [0.1, 0.15) is 58.3 Å². The van der Waals surface area contributed by atoms with Gasteiger partial charge in [0.1, 0.15) is 5.78 Å². The molecule has 2 rings (SSSR count). The fourth-order valence-corrected chi connectivity index (χ4v) is 2.99. The molecule has 1 N–H and O–H groups in total. The lowest BCUT2D eigenvalue weighted by Gasteiger charge is -2.29. The van der Waals surface area contributed by atoms with E-state index in [1.54, 1.807) is 0 Å². The number of ketones is 1. The van der Waals surface area contributed by atoms with Crippen LogP contribution in [0.4, 0.5) is 0 Å². The van der Waals surface area contributed by atoms with E-state index in [2.05, 4.69) is 12.2 Å². The van der Waals surface area contributed by atoms with E-state index in [4.69, 9.17) is 0 Å². The molecule has 0 aromatic carbocycles. The van der Waals surface area contributed by atoms with Gasteiger partial charge in [0.25, 0.3) is 0 Å². The summed E-state index contributed by atoms with van der Waals surface area (Å²) in [6.45, 7) is 3.15. The first kappa shape index (κ1) is 12.1. The quantitative estimate of drug-likeness (QED) is 0.750. The molecule has 0 aromatic heterocycles. The average Bonchev–Trinajstić information content (AvgIpc) is 3.13. The molecule has 92 valence electrons. The van der Waals surface area contributed by atoms with Crippen LogP contribution < -0.4 is 5.32 Å². The fourth-order valence-electron chi connectivity index (χ4n) is 2.99. The summed E-state index contributed by atoms with van der Waals surface area (Å²) in [5.74, 6) is 1.60. The molecule has 2 aliphatic rings. The van der Waals surface area contributed by atoms with Crippen molar-refractivity contribution in [2.24, 2.45) is 11.8 Å². The smallest absolute Gasteiger partial charge is 0.137 e. The summed E-state index contributed by atoms with van der Waals surface area (Å²) in [6.07, 6.45) is 9.61. The van der Waals surface area contributed by atoms with Gasteiger partial charge in [-0.3, -0.25) is 4.79 Å². The molecule has 16 heavy (non-hydrogen) atoms. The Morgan fingerprint density at radius 2 is 1.94 bits per heavy atom. The predicted molar refractivity (Wildman–Crippen MR) is 66.4 cm³/mol. The molecule has 2 heteroatoms. The predicted octanol–water partition coefficient (Wildman–Crippen LogP) is 2.91. The number of nitrogens with one attached hydrogen (secondary N) is 1. The number of carbonyl (C=O) groups is 1. The second-order valence-electron chi connectivity index (χ2n) is 5.50. The maximum absolute atomic E-state index is 12.1. The number of carbonyl (C=O) groups excluding carboxylic acids is 1. The van der Waals surface area contributed by atoms with E-state index >= 15 is 0 Å². The molecule has 0 aromatic rings. The molecule has 0 aliphatic heterocycles. The van der Waals surface area contributed by atoms with E-state index in [1.165, 1.54) is 38.5 Å². The molecule has 2 saturated carbocycles. The van der Waals surface area contributed by atoms with Gasteiger partial charge in [-0.15, -0.1) is 0 Å². The SMILES string of the molecule is CCC1CCCCC1C(=O)CCNC1CC1. The van der Waals surface area contributed by atoms with Gasteiger partial charge >= 0.3 is 0 Å². The molecule has 2 fully saturated rings. The third kappa shape index (κ3) is 3.31. The lowest BCUT2D eigenvalue weighted by atomic mass is 9.75. The zero-order chi connectivity index (χ0) is 11.4. The summed E-state index contributed by atoms with van der Waals surface area (Å²) < 4.78 is 0. The lowest BCUT2D eigenvalue weighted by molar-refractivity contribution is -0.125. The monoisotopic (exact) mass is 223 g/mol. The lowest BCUT2D eigenvalue weighted by Crippen LogP contribution is -2.29. The first-order valence-electron chi connectivity index (χ1n) is 7.07. The zero-order valence-electron chi connectivity index (χ0n) is 10.5. The highest BCUT2D eigenvalue weighted by Gasteiger charge is 2.29. The van der Waals surface area contributed by atoms with Gasteiger partial charge < -0.3 is 5.32 Å². The van der Waals surface area contributed by atoms with Crippen LogP contribution in [0.5, 0.6) is 0 Å². The van der Waals surface area contributed by atoms with Crippen LogP contribution in [0.25, 0.3) is 0 Å². The molecule has 2 atom stereocenters. The molecule has 0 heterocycles. The topological polar surface area (TPSA) is 29.1 Å². The normalized spacial score (nSPS) is 30.3. The van der Waals surface area contributed by atoms with Gasteiger partial charge in [0.05, 0.1) is 0 Å². The number of Topliss-reactive ketones (excluding diaryl/α,β-unsaturated/α-hetero) is 1. The summed E-state index contributed by atoms with van der Waals surface area (Å²) in [4.78, 5) is 12.1. The van der Waals surface area contributed by atoms with Crippen molar-refractivity contribution in [3.05, 3.63) is 0 Å². The minimum atomic E-state index is 0.389. The van der Waals surface area contributed by atoms with Crippen LogP contribution in [0.3, 0.4) is 0 Å². The highest BCUT2D eigenvalue weighted by molar-refractivity contribution is 5.81. The molecule has 0 spiro atoms. The van der Waals surface area contributed by atoms with Gasteiger partial charge in [-0.05, 0) is 31.6 Å². The van der Waals surface area contributed by atoms with Gasteiger partial charge in [-0.25, -0.2) is 0 Å². The zero-order valence-corrected chi connectivity index (χ0v) is 10.5. The first-order chi connectivity index (χ1) is 7.81. The first-order valence-corrected chi connectivity index (χ1v) is 7.07. The Hall–Kier alpha value is -0.370. The molecule has 0 radical (unpaired) electrons. The summed E-state index contributed by atoms with van der Waals surface area (Å²) in [5.41, 5.74) is 0. The molecule has 2 aliphatic carbocycles. The van der Waals surface area contributed by atoms with Crippen LogP contribution >= 0.6 is 0 Å². The summed E-state index contributed by atoms with van der Waals surface area (Å²) >= 11 is 0. The van der Waals surface area contributed by atoms with Gasteiger partial charge in [0, 0.05) is 24.9 Å². The Morgan fingerprint density at radius 3 is 2.62 bits per heavy atom. The molecular weight excluding hydrogens is 198 g/mol. The highest BCUT2D eigenvalue weighted by atomic mass is 16.1. The van der Waals surface area contributed by atoms with Crippen LogP contribution in [-0.2, 0) is 4.79 Å². The van der Waals surface area contributed by atoms with Crippen LogP contribution in [0.2, 0.25) is 0 Å². The van der Waals surface area contributed by atoms with Gasteiger partial charge in [0.2, 0.25) is 0 Å². The molecular formula is C14H25NO. The van der Waals surface area contributed by atoms with Gasteiger partial charge in [-0.2, -0.15) is 0 Å². The minimum Gasteiger partial charge on any atom is -0.314 e. The Kier molecular flexibility index (Phi) is 4.39. The van der Waals surface area contributed by atoms with Crippen LogP contribution in [-0.4, -0.2) is 18.4 Å². The highest BCUT2D eigenvalue weighted by Crippen LogP contribution is 2.33. The average molecular weight is 223 g/mol. The maximum atomic E-state index is 12.1. The molecule has 2 nitrogen and oxygen atoms in total. The van der Waals surface area contributed by atoms with E-state index in [1.807, 2.05) is 0 Å². The van der Waals surface area contributed by atoms with E-state index in [-0.39, 0.29) is 0 Å². The maximum Gasteiger partial charge on any atom is 0.137 e. The third-order valence-electron chi connectivity index (χ3n) is 4.23. The summed E-state index contributed by atoms with van der Waals surface area (Å²) in [6, 6.07) is 0.737. The van der Waals surface area contributed by atoms with Crippen molar-refractivity contribution >= 4 is 5.78 Å². The molecule has 0 amide bonds. The third-order valence-corrected chi connectivity index (χ3v) is 4.23. The van der Waals surface area contributed by atoms with Crippen LogP contribution in [0.15, 0.2) is 0 Å². The van der Waals surface area contributed by atoms with Crippen molar-refractivity contribution in [2.75, 3.05) is 6.54 Å². The largest absolute Gasteiger partial charge is 0.314 e. The Bertz CT molecular complexity index is 235. The van der Waals surface area contributed by atoms with E-state index in [9.17, 15) is 4.79 Å². The molecule has 0 saturated heterocycles. The second-order valence-corrected chi connectivity index (χ2v) is 5.50. The molecule has 2 unspecified atom stereocenters.